The van der Waals surface area contributed by atoms with E-state index in [9.17, 15) is 19.8 Å². The third-order valence-corrected chi connectivity index (χ3v) is 9.84. The Morgan fingerprint density at radius 3 is 1.22 bits per heavy atom. The molecule has 4 aromatic rings. The van der Waals surface area contributed by atoms with E-state index in [-0.39, 0.29) is 84.1 Å². The molecule has 0 spiro atoms. The van der Waals surface area contributed by atoms with E-state index in [1.165, 1.54) is 0 Å². The van der Waals surface area contributed by atoms with Gasteiger partial charge in [-0.25, -0.2) is 9.59 Å². The van der Waals surface area contributed by atoms with Crippen molar-refractivity contribution in [2.24, 2.45) is 0 Å². The zero-order chi connectivity index (χ0) is 43.2. The van der Waals surface area contributed by atoms with Gasteiger partial charge in [-0.3, -0.25) is 0 Å². The molecule has 2 N–H and O–H groups in total. The Morgan fingerprint density at radius 1 is 0.542 bits per heavy atom. The number of carboxylic acids is 2. The van der Waals surface area contributed by atoms with Gasteiger partial charge >= 0.3 is 36.6 Å². The van der Waals surface area contributed by atoms with E-state index in [1.807, 2.05) is 0 Å². The van der Waals surface area contributed by atoms with E-state index in [4.69, 9.17) is 19.6 Å². The summed E-state index contributed by atoms with van der Waals surface area (Å²) in [6.07, 6.45) is -23.5. The SMILES string of the molecule is O=C(O)/C=C/c1c(-c2ccc3c(c2)CCOO3)cc(Sc2cc(-c3ccc4c(c3)CCOO4)c(/C=C/C(=O)O)c(C(F)(F)F)c2C(F)(F)F)c(C(F)(F)F)c1C(F)(F)F. The van der Waals surface area contributed by atoms with Crippen molar-refractivity contribution in [3.63, 3.8) is 0 Å². The van der Waals surface area contributed by atoms with Gasteiger partial charge in [-0.1, -0.05) is 23.9 Å². The summed E-state index contributed by atoms with van der Waals surface area (Å²) in [6, 6.07) is 7.42. The van der Waals surface area contributed by atoms with Crippen molar-refractivity contribution in [1.29, 1.82) is 0 Å². The number of rotatable bonds is 8. The molecule has 0 fully saturated rings. The molecule has 0 radical (unpaired) electrons. The first-order valence-electron chi connectivity index (χ1n) is 16.5. The number of benzene rings is 4. The summed E-state index contributed by atoms with van der Waals surface area (Å²) in [5.41, 5.74) is -14.9. The molecule has 59 heavy (non-hydrogen) atoms. The van der Waals surface area contributed by atoms with Gasteiger partial charge in [0.1, 0.15) is 0 Å². The van der Waals surface area contributed by atoms with E-state index in [0.717, 1.165) is 36.4 Å². The number of hydrogen-bond donors (Lipinski definition) is 2. The maximum atomic E-state index is 15.1. The molecule has 312 valence electrons. The summed E-state index contributed by atoms with van der Waals surface area (Å²) in [4.78, 5) is 39.3. The topological polar surface area (TPSA) is 112 Å². The Labute approximate surface area is 327 Å². The minimum atomic E-state index is -6.09. The highest BCUT2D eigenvalue weighted by atomic mass is 32.2. The van der Waals surface area contributed by atoms with Crippen molar-refractivity contribution in [3.8, 4) is 33.8 Å². The lowest BCUT2D eigenvalue weighted by Gasteiger charge is -2.27. The zero-order valence-electron chi connectivity index (χ0n) is 29.0. The van der Waals surface area contributed by atoms with Gasteiger partial charge in [-0.2, -0.15) is 62.5 Å². The lowest BCUT2D eigenvalue weighted by atomic mass is 9.89. The van der Waals surface area contributed by atoms with Gasteiger partial charge in [0, 0.05) is 45.9 Å². The van der Waals surface area contributed by atoms with Crippen LogP contribution in [-0.4, -0.2) is 35.4 Å². The highest BCUT2D eigenvalue weighted by molar-refractivity contribution is 7.99. The summed E-state index contributed by atoms with van der Waals surface area (Å²) in [5.74, 6) is -3.71. The Balaban J connectivity index is 1.77. The second-order valence-corrected chi connectivity index (χ2v) is 13.6. The maximum Gasteiger partial charge on any atom is 0.418 e. The normalized spacial score (nSPS) is 14.8. The first-order valence-corrected chi connectivity index (χ1v) is 17.3. The minimum absolute atomic E-state index is 0.0421. The highest BCUT2D eigenvalue weighted by Crippen LogP contribution is 2.55. The zero-order valence-corrected chi connectivity index (χ0v) is 29.9. The number of aliphatic carboxylic acids is 2. The van der Waals surface area contributed by atoms with E-state index in [0.29, 0.717) is 12.1 Å². The van der Waals surface area contributed by atoms with Gasteiger partial charge in [0.25, 0.3) is 0 Å². The lowest BCUT2D eigenvalue weighted by molar-refractivity contribution is -0.215. The first kappa shape index (κ1) is 42.9. The largest absolute Gasteiger partial charge is 0.478 e. The monoisotopic (exact) mass is 866 g/mol. The fourth-order valence-electron chi connectivity index (χ4n) is 6.47. The molecule has 2 heterocycles. The van der Waals surface area contributed by atoms with Crippen LogP contribution in [0.4, 0.5) is 52.7 Å². The Morgan fingerprint density at radius 2 is 0.898 bits per heavy atom. The highest BCUT2D eigenvalue weighted by Gasteiger charge is 2.50. The standard InChI is InChI=1S/C38H22F12O8S/c39-35(40,41)31-21(3-7-29(51)52)23(17-1-5-25-19(13-17)9-11-55-57-25)15-27(33(31)37(45,46)47)59-28-16-24(18-2-6-26-20(14-18)10-12-56-58-26)22(4-8-30(53)54)32(36(42,43)44)34(28)38(48,49)50/h1-8,13-16H,9-12H2,(H,51,52)(H,53,54)/b7-3+,8-4+. The van der Waals surface area contributed by atoms with Gasteiger partial charge in [-0.05, 0) is 81.9 Å². The van der Waals surface area contributed by atoms with Crippen molar-refractivity contribution in [2.45, 2.75) is 47.3 Å². The van der Waals surface area contributed by atoms with Crippen molar-refractivity contribution in [3.05, 3.63) is 105 Å². The predicted molar refractivity (Wildman–Crippen MR) is 182 cm³/mol. The number of hydrogen-bond acceptors (Lipinski definition) is 7. The van der Waals surface area contributed by atoms with Crippen LogP contribution in [0.2, 0.25) is 0 Å². The summed E-state index contributed by atoms with van der Waals surface area (Å²) in [7, 11) is 0. The summed E-state index contributed by atoms with van der Waals surface area (Å²) < 4.78 is 181. The molecule has 2 aliphatic heterocycles. The Kier molecular flexibility index (Phi) is 11.5. The van der Waals surface area contributed by atoms with Gasteiger partial charge in [-0.15, -0.1) is 0 Å². The van der Waals surface area contributed by atoms with Gasteiger partial charge in [0.2, 0.25) is 0 Å². The molecule has 0 saturated heterocycles. The van der Waals surface area contributed by atoms with E-state index in [2.05, 4.69) is 0 Å². The van der Waals surface area contributed by atoms with Gasteiger partial charge in [0.15, 0.2) is 11.5 Å². The fraction of sp³-hybridized carbons (Fsp3) is 0.211. The van der Waals surface area contributed by atoms with Crippen LogP contribution < -0.4 is 9.78 Å². The van der Waals surface area contributed by atoms with Crippen LogP contribution in [0.25, 0.3) is 34.4 Å². The van der Waals surface area contributed by atoms with Gasteiger partial charge in [0.05, 0.1) is 35.5 Å². The van der Waals surface area contributed by atoms with Gasteiger partial charge < -0.3 is 20.0 Å². The number of fused-ring (bicyclic) bond motifs is 2. The van der Waals surface area contributed by atoms with Crippen molar-refractivity contribution in [2.75, 3.05) is 13.2 Å². The molecule has 0 unspecified atom stereocenters. The molecule has 0 bridgehead atoms. The molecule has 6 rings (SSSR count). The molecular weight excluding hydrogens is 844 g/mol. The second kappa shape index (κ2) is 15.8. The van der Waals surface area contributed by atoms with E-state index in [1.54, 1.807) is 0 Å². The van der Waals surface area contributed by atoms with E-state index < -0.39 is 103 Å². The van der Waals surface area contributed by atoms with Crippen molar-refractivity contribution >= 4 is 35.9 Å². The number of carboxylic acid groups (broad SMARTS) is 2. The third-order valence-electron chi connectivity index (χ3n) is 8.75. The molecular formula is C38H22F12O8S. The summed E-state index contributed by atoms with van der Waals surface area (Å²) in [6.45, 7) is -0.173. The fourth-order valence-corrected chi connectivity index (χ4v) is 7.70. The molecule has 0 saturated carbocycles. The van der Waals surface area contributed by atoms with Crippen LogP contribution >= 0.6 is 11.8 Å². The predicted octanol–water partition coefficient (Wildman–Crippen LogP) is 11.2. The second-order valence-electron chi connectivity index (χ2n) is 12.6. The van der Waals surface area contributed by atoms with Crippen molar-refractivity contribution in [1.82, 2.24) is 0 Å². The molecule has 0 amide bonds. The first-order chi connectivity index (χ1) is 27.4. The molecule has 8 nitrogen and oxygen atoms in total. The summed E-state index contributed by atoms with van der Waals surface area (Å²) >= 11 is -0.714. The van der Waals surface area contributed by atoms with Crippen LogP contribution in [0.1, 0.15) is 44.5 Å². The molecule has 2 aliphatic rings. The number of carbonyl (C=O) groups is 2. The smallest absolute Gasteiger partial charge is 0.418 e. The molecule has 0 atom stereocenters. The van der Waals surface area contributed by atoms with Crippen molar-refractivity contribution < 1.29 is 92.0 Å². The summed E-state index contributed by atoms with van der Waals surface area (Å²) in [5, 5.41) is 18.5. The quantitative estimate of drug-likeness (QED) is 0.102. The van der Waals surface area contributed by atoms with Crippen LogP contribution in [0.15, 0.2) is 70.5 Å². The lowest BCUT2D eigenvalue weighted by Crippen LogP contribution is -2.22. The number of halogens is 12. The molecule has 0 aliphatic carbocycles. The molecule has 4 aromatic carbocycles. The minimum Gasteiger partial charge on any atom is -0.478 e. The molecule has 21 heteroatoms. The molecule has 0 aromatic heterocycles. The van der Waals surface area contributed by atoms with Crippen LogP contribution in [0.5, 0.6) is 11.5 Å². The average Bonchev–Trinajstić information content (AvgIpc) is 3.13. The average molecular weight is 867 g/mol. The Bertz CT molecular complexity index is 2230. The van der Waals surface area contributed by atoms with Crippen LogP contribution in [-0.2, 0) is 56.9 Å². The number of alkyl halides is 12. The van der Waals surface area contributed by atoms with Crippen LogP contribution in [0.3, 0.4) is 0 Å². The third kappa shape index (κ3) is 9.15. The Hall–Kier alpha value is -5.67. The van der Waals surface area contributed by atoms with Crippen LogP contribution in [0, 0.1) is 0 Å². The maximum absolute atomic E-state index is 15.1. The van der Waals surface area contributed by atoms with E-state index >= 15 is 52.7 Å².